The van der Waals surface area contributed by atoms with Gasteiger partial charge in [0.2, 0.25) is 0 Å². The van der Waals surface area contributed by atoms with Crippen LogP contribution < -0.4 is 10.2 Å². The summed E-state index contributed by atoms with van der Waals surface area (Å²) in [5.74, 6) is -0.182. The summed E-state index contributed by atoms with van der Waals surface area (Å²) in [6, 6.07) is 15.0. The van der Waals surface area contributed by atoms with Crippen LogP contribution >= 0.6 is 0 Å². The molecular weight excluding hydrogens is 276 g/mol. The van der Waals surface area contributed by atoms with Crippen LogP contribution in [-0.4, -0.2) is 31.7 Å². The summed E-state index contributed by atoms with van der Waals surface area (Å²) >= 11 is 0. The van der Waals surface area contributed by atoms with Crippen molar-refractivity contribution in [2.45, 2.75) is 13.0 Å². The fourth-order valence-electron chi connectivity index (χ4n) is 2.27. The molecule has 2 N–H and O–H groups in total. The molecule has 22 heavy (non-hydrogen) atoms. The maximum absolute atomic E-state index is 12.1. The van der Waals surface area contributed by atoms with Gasteiger partial charge in [-0.1, -0.05) is 24.3 Å². The molecule has 0 bridgehead atoms. The number of carbonyl (C=O) groups is 1. The molecule has 2 aromatic carbocycles. The third kappa shape index (κ3) is 3.86. The van der Waals surface area contributed by atoms with Gasteiger partial charge in [0.1, 0.15) is 0 Å². The van der Waals surface area contributed by atoms with Crippen LogP contribution in [0.2, 0.25) is 0 Å². The number of aliphatic hydroxyl groups excluding tert-OH is 1. The monoisotopic (exact) mass is 298 g/mol. The summed E-state index contributed by atoms with van der Waals surface area (Å²) in [6.45, 7) is 2.14. The van der Waals surface area contributed by atoms with E-state index >= 15 is 0 Å². The van der Waals surface area contributed by atoms with Gasteiger partial charge in [0, 0.05) is 31.9 Å². The predicted octanol–water partition coefficient (Wildman–Crippen LogP) is 2.52. The average molecular weight is 298 g/mol. The van der Waals surface area contributed by atoms with E-state index < -0.39 is 6.10 Å². The first-order valence-corrected chi connectivity index (χ1v) is 7.28. The number of aryl methyl sites for hydroxylation is 1. The quantitative estimate of drug-likeness (QED) is 0.892. The minimum absolute atomic E-state index is 0.182. The van der Waals surface area contributed by atoms with Crippen molar-refractivity contribution in [1.82, 2.24) is 5.32 Å². The Morgan fingerprint density at radius 1 is 1.14 bits per heavy atom. The molecule has 2 rings (SSSR count). The van der Waals surface area contributed by atoms with Crippen LogP contribution in [0.1, 0.15) is 27.6 Å². The Balaban J connectivity index is 1.96. The molecule has 1 amide bonds. The number of rotatable bonds is 5. The van der Waals surface area contributed by atoms with Crippen LogP contribution in [0.5, 0.6) is 0 Å². The van der Waals surface area contributed by atoms with Crippen molar-refractivity contribution in [2.75, 3.05) is 25.5 Å². The molecule has 1 atom stereocenters. The van der Waals surface area contributed by atoms with E-state index in [1.807, 2.05) is 62.3 Å². The normalized spacial score (nSPS) is 11.8. The van der Waals surface area contributed by atoms with Gasteiger partial charge in [-0.25, -0.2) is 0 Å². The van der Waals surface area contributed by atoms with Crippen molar-refractivity contribution in [3.05, 3.63) is 65.2 Å². The van der Waals surface area contributed by atoms with E-state index in [0.717, 1.165) is 16.8 Å². The van der Waals surface area contributed by atoms with Gasteiger partial charge in [-0.3, -0.25) is 4.79 Å². The Kier molecular flexibility index (Phi) is 5.17. The van der Waals surface area contributed by atoms with Crippen molar-refractivity contribution in [3.8, 4) is 0 Å². The van der Waals surface area contributed by atoms with Crippen LogP contribution in [0.25, 0.3) is 0 Å². The Bertz CT molecular complexity index is 636. The van der Waals surface area contributed by atoms with Crippen LogP contribution in [0, 0.1) is 6.92 Å². The van der Waals surface area contributed by atoms with Crippen LogP contribution in [0.15, 0.2) is 48.5 Å². The molecule has 0 radical (unpaired) electrons. The van der Waals surface area contributed by atoms with Gasteiger partial charge in [-0.2, -0.15) is 0 Å². The molecule has 1 unspecified atom stereocenters. The van der Waals surface area contributed by atoms with Crippen molar-refractivity contribution < 1.29 is 9.90 Å². The maximum atomic E-state index is 12.1. The van der Waals surface area contributed by atoms with Crippen LogP contribution in [0.3, 0.4) is 0 Å². The standard InChI is InChI=1S/C18H22N2O2/c1-13-6-4-5-7-16(13)17(21)12-19-18(22)14-8-10-15(11-9-14)20(2)3/h4-11,17,21H,12H2,1-3H3,(H,19,22). The number of anilines is 1. The molecule has 0 spiro atoms. The van der Waals surface area contributed by atoms with E-state index in [1.54, 1.807) is 12.1 Å². The molecule has 2 aromatic rings. The lowest BCUT2D eigenvalue weighted by Gasteiger charge is -2.15. The van der Waals surface area contributed by atoms with E-state index in [2.05, 4.69) is 5.32 Å². The molecular formula is C18H22N2O2. The zero-order chi connectivity index (χ0) is 16.1. The number of nitrogens with zero attached hydrogens (tertiary/aromatic N) is 1. The van der Waals surface area contributed by atoms with Gasteiger partial charge in [-0.15, -0.1) is 0 Å². The first kappa shape index (κ1) is 16.0. The fraction of sp³-hybridized carbons (Fsp3) is 0.278. The molecule has 116 valence electrons. The molecule has 0 saturated heterocycles. The number of aliphatic hydroxyl groups is 1. The molecule has 0 aromatic heterocycles. The van der Waals surface area contributed by atoms with Gasteiger partial charge in [0.15, 0.2) is 0 Å². The number of hydrogen-bond donors (Lipinski definition) is 2. The molecule has 0 aliphatic carbocycles. The molecule has 4 heteroatoms. The molecule has 4 nitrogen and oxygen atoms in total. The first-order chi connectivity index (χ1) is 10.5. The number of nitrogens with one attached hydrogen (secondary N) is 1. The van der Waals surface area contributed by atoms with E-state index in [9.17, 15) is 9.90 Å². The number of benzene rings is 2. The summed E-state index contributed by atoms with van der Waals surface area (Å²) in [5.41, 5.74) is 3.48. The van der Waals surface area contributed by atoms with Crippen LogP contribution in [-0.2, 0) is 0 Å². The third-order valence-electron chi connectivity index (χ3n) is 3.65. The van der Waals surface area contributed by atoms with E-state index in [-0.39, 0.29) is 12.5 Å². The lowest BCUT2D eigenvalue weighted by molar-refractivity contribution is 0.0916. The highest BCUT2D eigenvalue weighted by atomic mass is 16.3. The zero-order valence-electron chi connectivity index (χ0n) is 13.2. The molecule has 0 fully saturated rings. The SMILES string of the molecule is Cc1ccccc1C(O)CNC(=O)c1ccc(N(C)C)cc1. The lowest BCUT2D eigenvalue weighted by Crippen LogP contribution is -2.28. The predicted molar refractivity (Wildman–Crippen MR) is 89.2 cm³/mol. The minimum atomic E-state index is -0.703. The van der Waals surface area contributed by atoms with E-state index in [0.29, 0.717) is 5.56 Å². The molecule has 0 saturated carbocycles. The first-order valence-electron chi connectivity index (χ1n) is 7.28. The summed E-state index contributed by atoms with van der Waals surface area (Å²) in [4.78, 5) is 14.1. The van der Waals surface area contributed by atoms with Gasteiger partial charge in [0.25, 0.3) is 5.91 Å². The maximum Gasteiger partial charge on any atom is 0.251 e. The van der Waals surface area contributed by atoms with Crippen molar-refractivity contribution in [3.63, 3.8) is 0 Å². The highest BCUT2D eigenvalue weighted by Gasteiger charge is 2.12. The van der Waals surface area contributed by atoms with Gasteiger partial charge >= 0.3 is 0 Å². The Morgan fingerprint density at radius 3 is 2.36 bits per heavy atom. The Hall–Kier alpha value is -2.33. The van der Waals surface area contributed by atoms with E-state index in [4.69, 9.17) is 0 Å². The summed E-state index contributed by atoms with van der Waals surface area (Å²) in [7, 11) is 3.90. The van der Waals surface area contributed by atoms with E-state index in [1.165, 1.54) is 0 Å². The second-order valence-corrected chi connectivity index (χ2v) is 5.52. The van der Waals surface area contributed by atoms with Crippen LogP contribution in [0.4, 0.5) is 5.69 Å². The van der Waals surface area contributed by atoms with Gasteiger partial charge in [-0.05, 0) is 42.3 Å². The number of carbonyl (C=O) groups excluding carboxylic acids is 1. The average Bonchev–Trinajstić information content (AvgIpc) is 2.52. The number of amides is 1. The second-order valence-electron chi connectivity index (χ2n) is 5.52. The second kappa shape index (κ2) is 7.09. The molecule has 0 aliphatic rings. The van der Waals surface area contributed by atoms with Crippen molar-refractivity contribution in [2.24, 2.45) is 0 Å². The largest absolute Gasteiger partial charge is 0.387 e. The topological polar surface area (TPSA) is 52.6 Å². The summed E-state index contributed by atoms with van der Waals surface area (Å²) < 4.78 is 0. The summed E-state index contributed by atoms with van der Waals surface area (Å²) in [5, 5.41) is 13.0. The molecule has 0 aliphatic heterocycles. The minimum Gasteiger partial charge on any atom is -0.387 e. The van der Waals surface area contributed by atoms with Crippen molar-refractivity contribution >= 4 is 11.6 Å². The molecule has 0 heterocycles. The third-order valence-corrected chi connectivity index (χ3v) is 3.65. The van der Waals surface area contributed by atoms with Gasteiger partial charge in [0.05, 0.1) is 6.10 Å². The number of hydrogen-bond acceptors (Lipinski definition) is 3. The Labute approximate surface area is 131 Å². The fourth-order valence-corrected chi connectivity index (χ4v) is 2.27. The van der Waals surface area contributed by atoms with Gasteiger partial charge < -0.3 is 15.3 Å². The zero-order valence-corrected chi connectivity index (χ0v) is 13.2. The highest BCUT2D eigenvalue weighted by molar-refractivity contribution is 5.94. The summed E-state index contributed by atoms with van der Waals surface area (Å²) in [6.07, 6.45) is -0.703. The highest BCUT2D eigenvalue weighted by Crippen LogP contribution is 2.17. The lowest BCUT2D eigenvalue weighted by atomic mass is 10.0. The van der Waals surface area contributed by atoms with Crippen molar-refractivity contribution in [1.29, 1.82) is 0 Å². The Morgan fingerprint density at radius 2 is 1.77 bits per heavy atom. The smallest absolute Gasteiger partial charge is 0.251 e.